The van der Waals surface area contributed by atoms with Gasteiger partial charge in [-0.25, -0.2) is 8.42 Å². The molecular weight excluding hydrogens is 408 g/mol. The summed E-state index contributed by atoms with van der Waals surface area (Å²) in [6, 6.07) is 0.801. The molecule has 1 fully saturated rings. The van der Waals surface area contributed by atoms with Gasteiger partial charge in [-0.1, -0.05) is 0 Å². The lowest BCUT2D eigenvalue weighted by atomic mass is 10.2. The predicted octanol–water partition coefficient (Wildman–Crippen LogP) is 1.91. The molecule has 0 bridgehead atoms. The van der Waals surface area contributed by atoms with Crippen molar-refractivity contribution in [3.05, 3.63) is 14.3 Å². The van der Waals surface area contributed by atoms with E-state index in [-0.39, 0.29) is 4.21 Å². The van der Waals surface area contributed by atoms with Crippen LogP contribution < -0.4 is 5.73 Å². The van der Waals surface area contributed by atoms with Crippen molar-refractivity contribution in [2.45, 2.75) is 23.1 Å². The number of halogens is 2. The zero-order valence-corrected chi connectivity index (χ0v) is 13.9. The molecule has 0 saturated carbocycles. The molecule has 100 valence electrons. The summed E-state index contributed by atoms with van der Waals surface area (Å²) in [5.74, 6) is -0.592. The van der Waals surface area contributed by atoms with Gasteiger partial charge in [-0.15, -0.1) is 11.3 Å². The predicted molar refractivity (Wildman–Crippen MR) is 75.8 cm³/mol. The summed E-state index contributed by atoms with van der Waals surface area (Å²) < 4.78 is 27.6. The zero-order chi connectivity index (χ0) is 13.5. The van der Waals surface area contributed by atoms with Crippen LogP contribution in [-0.4, -0.2) is 31.2 Å². The highest BCUT2D eigenvalue weighted by atomic mass is 79.9. The lowest BCUT2D eigenvalue weighted by molar-refractivity contribution is -0.121. The van der Waals surface area contributed by atoms with Crippen molar-refractivity contribution < 1.29 is 13.2 Å². The topological polar surface area (TPSA) is 80.5 Å². The van der Waals surface area contributed by atoms with Crippen LogP contribution in [0.25, 0.3) is 0 Å². The van der Waals surface area contributed by atoms with E-state index in [1.807, 2.05) is 0 Å². The molecule has 0 aromatic carbocycles. The van der Waals surface area contributed by atoms with Crippen molar-refractivity contribution in [3.63, 3.8) is 0 Å². The van der Waals surface area contributed by atoms with Crippen LogP contribution >= 0.6 is 43.2 Å². The van der Waals surface area contributed by atoms with Crippen molar-refractivity contribution in [3.8, 4) is 0 Å². The zero-order valence-electron chi connectivity index (χ0n) is 9.10. The Morgan fingerprint density at radius 2 is 2.17 bits per heavy atom. The van der Waals surface area contributed by atoms with Crippen LogP contribution in [0.5, 0.6) is 0 Å². The molecule has 1 atom stereocenters. The number of rotatable bonds is 3. The summed E-state index contributed by atoms with van der Waals surface area (Å²) in [6.07, 6.45) is 1.14. The van der Waals surface area contributed by atoms with E-state index in [2.05, 4.69) is 31.9 Å². The van der Waals surface area contributed by atoms with Gasteiger partial charge in [0.2, 0.25) is 5.91 Å². The molecule has 1 saturated heterocycles. The fourth-order valence-electron chi connectivity index (χ4n) is 1.88. The van der Waals surface area contributed by atoms with Crippen LogP contribution in [0.4, 0.5) is 0 Å². The van der Waals surface area contributed by atoms with E-state index in [1.165, 1.54) is 10.4 Å². The summed E-state index contributed by atoms with van der Waals surface area (Å²) in [4.78, 5) is 11.3. The Labute approximate surface area is 126 Å². The third kappa shape index (κ3) is 2.51. The number of nitrogens with zero attached hydrogens (tertiary/aromatic N) is 1. The third-order valence-electron chi connectivity index (χ3n) is 2.72. The van der Waals surface area contributed by atoms with Crippen molar-refractivity contribution in [2.24, 2.45) is 5.73 Å². The Hall–Kier alpha value is 0.0400. The SMILES string of the molecule is NC(=O)C1CCCN1S(=O)(=O)c1cc(Br)c(Br)s1. The molecule has 18 heavy (non-hydrogen) atoms. The minimum atomic E-state index is -3.64. The lowest BCUT2D eigenvalue weighted by Gasteiger charge is -2.20. The first-order valence-electron chi connectivity index (χ1n) is 5.10. The number of primary amides is 1. The number of amides is 1. The molecule has 9 heteroatoms. The maximum absolute atomic E-state index is 12.4. The van der Waals surface area contributed by atoms with Gasteiger partial charge in [-0.2, -0.15) is 4.31 Å². The van der Waals surface area contributed by atoms with Gasteiger partial charge in [-0.3, -0.25) is 4.79 Å². The average molecular weight is 418 g/mol. The maximum Gasteiger partial charge on any atom is 0.253 e. The number of thiophene rings is 1. The molecule has 0 spiro atoms. The smallest absolute Gasteiger partial charge is 0.253 e. The fraction of sp³-hybridized carbons (Fsp3) is 0.444. The summed E-state index contributed by atoms with van der Waals surface area (Å²) >= 11 is 7.62. The van der Waals surface area contributed by atoms with Gasteiger partial charge < -0.3 is 5.73 Å². The van der Waals surface area contributed by atoms with Gasteiger partial charge in [-0.05, 0) is 50.8 Å². The molecule has 2 N–H and O–H groups in total. The molecule has 2 rings (SSSR count). The van der Waals surface area contributed by atoms with Gasteiger partial charge >= 0.3 is 0 Å². The molecule has 1 aliphatic heterocycles. The second-order valence-electron chi connectivity index (χ2n) is 3.86. The highest BCUT2D eigenvalue weighted by Gasteiger charge is 2.39. The van der Waals surface area contributed by atoms with Gasteiger partial charge in [0.15, 0.2) is 0 Å². The van der Waals surface area contributed by atoms with Gasteiger partial charge in [0.25, 0.3) is 10.0 Å². The van der Waals surface area contributed by atoms with Crippen molar-refractivity contribution >= 4 is 59.1 Å². The Morgan fingerprint density at radius 3 is 2.67 bits per heavy atom. The van der Waals surface area contributed by atoms with E-state index < -0.39 is 22.0 Å². The standard InChI is InChI=1S/C9H10Br2N2O3S2/c10-5-4-7(17-8(5)11)18(15,16)13-3-1-2-6(13)9(12)14/h4,6H,1-3H2,(H2,12,14). The number of hydrogen-bond acceptors (Lipinski definition) is 4. The minimum absolute atomic E-state index is 0.203. The number of hydrogen-bond donors (Lipinski definition) is 1. The Balaban J connectivity index is 2.39. The van der Waals surface area contributed by atoms with Gasteiger partial charge in [0, 0.05) is 11.0 Å². The Morgan fingerprint density at radius 1 is 1.50 bits per heavy atom. The second kappa shape index (κ2) is 5.20. The Kier molecular flexibility index (Phi) is 4.17. The largest absolute Gasteiger partial charge is 0.368 e. The first-order valence-corrected chi connectivity index (χ1v) is 8.94. The summed E-state index contributed by atoms with van der Waals surface area (Å²) in [5, 5.41) is 0. The lowest BCUT2D eigenvalue weighted by Crippen LogP contribution is -2.43. The monoisotopic (exact) mass is 416 g/mol. The van der Waals surface area contributed by atoms with E-state index in [0.29, 0.717) is 27.6 Å². The molecule has 0 aliphatic carbocycles. The highest BCUT2D eigenvalue weighted by Crippen LogP contribution is 2.37. The molecule has 1 aromatic heterocycles. The second-order valence-corrected chi connectivity index (χ2v) is 9.21. The van der Waals surface area contributed by atoms with Crippen LogP contribution in [0, 0.1) is 0 Å². The van der Waals surface area contributed by atoms with Crippen LogP contribution in [0.1, 0.15) is 12.8 Å². The third-order valence-corrected chi connectivity index (χ3v) is 8.33. The molecular formula is C9H10Br2N2O3S2. The molecule has 1 aromatic rings. The number of sulfonamides is 1. The fourth-order valence-corrected chi connectivity index (χ4v) is 6.50. The number of carbonyl (C=O) groups is 1. The van der Waals surface area contributed by atoms with E-state index >= 15 is 0 Å². The van der Waals surface area contributed by atoms with Crippen molar-refractivity contribution in [1.29, 1.82) is 0 Å². The molecule has 5 nitrogen and oxygen atoms in total. The normalized spacial score (nSPS) is 21.3. The first kappa shape index (κ1) is 14.4. The van der Waals surface area contributed by atoms with Gasteiger partial charge in [0.1, 0.15) is 10.3 Å². The van der Waals surface area contributed by atoms with Crippen molar-refractivity contribution in [1.82, 2.24) is 4.31 Å². The molecule has 1 unspecified atom stereocenters. The number of nitrogens with two attached hydrogens (primary N) is 1. The van der Waals surface area contributed by atoms with Crippen LogP contribution in [0.15, 0.2) is 18.5 Å². The van der Waals surface area contributed by atoms with Crippen molar-refractivity contribution in [2.75, 3.05) is 6.54 Å². The maximum atomic E-state index is 12.4. The van der Waals surface area contributed by atoms with E-state index in [9.17, 15) is 13.2 Å². The minimum Gasteiger partial charge on any atom is -0.368 e. The van der Waals surface area contributed by atoms with Crippen LogP contribution in [0.2, 0.25) is 0 Å². The average Bonchev–Trinajstić information content (AvgIpc) is 2.87. The highest BCUT2D eigenvalue weighted by molar-refractivity contribution is 9.13. The quantitative estimate of drug-likeness (QED) is 0.815. The van der Waals surface area contributed by atoms with Gasteiger partial charge in [0.05, 0.1) is 3.79 Å². The van der Waals surface area contributed by atoms with E-state index in [1.54, 1.807) is 0 Å². The molecule has 1 amide bonds. The molecule has 0 radical (unpaired) electrons. The molecule has 1 aliphatic rings. The summed E-state index contributed by atoms with van der Waals surface area (Å²) in [7, 11) is -3.64. The first-order chi connectivity index (χ1) is 8.34. The van der Waals surface area contributed by atoms with E-state index in [4.69, 9.17) is 5.73 Å². The van der Waals surface area contributed by atoms with Crippen LogP contribution in [0.3, 0.4) is 0 Å². The van der Waals surface area contributed by atoms with E-state index in [0.717, 1.165) is 11.3 Å². The number of carbonyl (C=O) groups excluding carboxylic acids is 1. The Bertz CT molecular complexity index is 565. The summed E-state index contributed by atoms with van der Waals surface area (Å²) in [6.45, 7) is 0.336. The molecule has 2 heterocycles. The summed E-state index contributed by atoms with van der Waals surface area (Å²) in [5.41, 5.74) is 5.24. The van der Waals surface area contributed by atoms with Crippen LogP contribution in [-0.2, 0) is 14.8 Å².